The molecule has 0 unspecified atom stereocenters. The third-order valence-electron chi connectivity index (χ3n) is 3.29. The van der Waals surface area contributed by atoms with E-state index in [1.807, 2.05) is 23.5 Å². The minimum Gasteiger partial charge on any atom is -0.107 e. The lowest BCUT2D eigenvalue weighted by Crippen LogP contribution is -1.90. The van der Waals surface area contributed by atoms with Crippen molar-refractivity contribution in [2.24, 2.45) is 0 Å². The fourth-order valence-electron chi connectivity index (χ4n) is 2.22. The summed E-state index contributed by atoms with van der Waals surface area (Å²) < 4.78 is 0.352. The molecule has 0 aromatic heterocycles. The molecule has 0 saturated carbocycles. The zero-order valence-electron chi connectivity index (χ0n) is 12.5. The SMILES string of the molecule is Cc1cccc(C(Sc2ccccc2)Sc2ccccc2)c1. The molecule has 22 heavy (non-hydrogen) atoms. The van der Waals surface area contributed by atoms with Crippen LogP contribution >= 0.6 is 23.5 Å². The first-order valence-corrected chi connectivity index (χ1v) is 9.07. The predicted octanol–water partition coefficient (Wildman–Crippen LogP) is 6.58. The quantitative estimate of drug-likeness (QED) is 0.384. The molecule has 0 radical (unpaired) electrons. The number of rotatable bonds is 5. The van der Waals surface area contributed by atoms with Gasteiger partial charge in [-0.25, -0.2) is 0 Å². The molecule has 0 saturated heterocycles. The Hall–Kier alpha value is -1.64. The van der Waals surface area contributed by atoms with Crippen LogP contribution in [0.4, 0.5) is 0 Å². The lowest BCUT2D eigenvalue weighted by Gasteiger charge is -2.17. The van der Waals surface area contributed by atoms with E-state index in [-0.39, 0.29) is 0 Å². The van der Waals surface area contributed by atoms with Gasteiger partial charge in [0.1, 0.15) is 0 Å². The van der Waals surface area contributed by atoms with Gasteiger partial charge in [-0.1, -0.05) is 66.2 Å². The van der Waals surface area contributed by atoms with Crippen molar-refractivity contribution in [3.05, 3.63) is 96.1 Å². The van der Waals surface area contributed by atoms with Crippen LogP contribution in [0.1, 0.15) is 15.7 Å². The summed E-state index contributed by atoms with van der Waals surface area (Å²) in [6, 6.07) is 30.1. The van der Waals surface area contributed by atoms with Gasteiger partial charge >= 0.3 is 0 Å². The highest BCUT2D eigenvalue weighted by atomic mass is 32.2. The molecule has 0 fully saturated rings. The van der Waals surface area contributed by atoms with Gasteiger partial charge in [0.15, 0.2) is 0 Å². The van der Waals surface area contributed by atoms with E-state index in [0.717, 1.165) is 0 Å². The molecule has 0 aliphatic carbocycles. The van der Waals surface area contributed by atoms with Gasteiger partial charge in [0.05, 0.1) is 4.58 Å². The van der Waals surface area contributed by atoms with E-state index < -0.39 is 0 Å². The molecular weight excluding hydrogens is 304 g/mol. The Morgan fingerprint density at radius 2 is 1.18 bits per heavy atom. The van der Waals surface area contributed by atoms with Crippen LogP contribution in [0.25, 0.3) is 0 Å². The first-order valence-electron chi connectivity index (χ1n) is 7.31. The molecule has 0 atom stereocenters. The fraction of sp³-hybridized carbons (Fsp3) is 0.100. The van der Waals surface area contributed by atoms with Gasteiger partial charge in [-0.2, -0.15) is 0 Å². The van der Waals surface area contributed by atoms with Gasteiger partial charge in [-0.05, 0) is 36.8 Å². The number of aryl methyl sites for hydroxylation is 1. The van der Waals surface area contributed by atoms with Gasteiger partial charge in [0.25, 0.3) is 0 Å². The largest absolute Gasteiger partial charge is 0.107 e. The van der Waals surface area contributed by atoms with E-state index >= 15 is 0 Å². The summed E-state index contributed by atoms with van der Waals surface area (Å²) in [5.41, 5.74) is 2.67. The summed E-state index contributed by atoms with van der Waals surface area (Å²) in [5, 5.41) is 0. The van der Waals surface area contributed by atoms with Crippen molar-refractivity contribution in [1.82, 2.24) is 0 Å². The van der Waals surface area contributed by atoms with Crippen LogP contribution in [-0.2, 0) is 0 Å². The molecule has 0 aliphatic rings. The van der Waals surface area contributed by atoms with Gasteiger partial charge < -0.3 is 0 Å². The molecule has 2 heteroatoms. The van der Waals surface area contributed by atoms with E-state index in [1.54, 1.807) is 0 Å². The maximum atomic E-state index is 2.29. The average molecular weight is 322 g/mol. The Kier molecular flexibility index (Phi) is 5.25. The van der Waals surface area contributed by atoms with E-state index in [4.69, 9.17) is 0 Å². The Morgan fingerprint density at radius 1 is 0.636 bits per heavy atom. The van der Waals surface area contributed by atoms with Crippen molar-refractivity contribution in [2.75, 3.05) is 0 Å². The van der Waals surface area contributed by atoms with Crippen molar-refractivity contribution >= 4 is 23.5 Å². The molecule has 0 spiro atoms. The normalized spacial score (nSPS) is 10.8. The van der Waals surface area contributed by atoms with Crippen LogP contribution in [0.15, 0.2) is 94.7 Å². The molecule has 0 bridgehead atoms. The first kappa shape index (κ1) is 15.3. The van der Waals surface area contributed by atoms with Crippen molar-refractivity contribution in [2.45, 2.75) is 21.3 Å². The van der Waals surface area contributed by atoms with Gasteiger partial charge in [-0.3, -0.25) is 0 Å². The van der Waals surface area contributed by atoms with Gasteiger partial charge in [-0.15, -0.1) is 23.5 Å². The third kappa shape index (κ3) is 4.19. The monoisotopic (exact) mass is 322 g/mol. The smallest absolute Gasteiger partial charge is 0.0845 e. The summed E-state index contributed by atoms with van der Waals surface area (Å²) in [6.07, 6.45) is 0. The lowest BCUT2D eigenvalue weighted by atomic mass is 10.2. The van der Waals surface area contributed by atoms with Crippen LogP contribution < -0.4 is 0 Å². The second-order valence-electron chi connectivity index (χ2n) is 5.11. The molecule has 0 N–H and O–H groups in total. The van der Waals surface area contributed by atoms with E-state index in [0.29, 0.717) is 4.58 Å². The second-order valence-corrected chi connectivity index (χ2v) is 7.76. The molecule has 0 heterocycles. The zero-order valence-corrected chi connectivity index (χ0v) is 14.1. The fourth-order valence-corrected chi connectivity index (χ4v) is 4.77. The molecule has 0 aliphatic heterocycles. The highest BCUT2D eigenvalue weighted by Crippen LogP contribution is 2.46. The summed E-state index contributed by atoms with van der Waals surface area (Å²) in [4.78, 5) is 2.61. The van der Waals surface area contributed by atoms with Gasteiger partial charge in [0.2, 0.25) is 0 Å². The zero-order chi connectivity index (χ0) is 15.2. The van der Waals surface area contributed by atoms with Crippen LogP contribution in [0.5, 0.6) is 0 Å². The van der Waals surface area contributed by atoms with Gasteiger partial charge in [0, 0.05) is 9.79 Å². The highest BCUT2D eigenvalue weighted by molar-refractivity contribution is 8.16. The van der Waals surface area contributed by atoms with Crippen LogP contribution in [0.2, 0.25) is 0 Å². The Labute approximate surface area is 141 Å². The number of thioether (sulfide) groups is 2. The second kappa shape index (κ2) is 7.57. The Bertz CT molecular complexity index is 667. The maximum absolute atomic E-state index is 2.29. The predicted molar refractivity (Wildman–Crippen MR) is 98.5 cm³/mol. The number of benzene rings is 3. The molecule has 3 aromatic rings. The van der Waals surface area contributed by atoms with Crippen molar-refractivity contribution in [1.29, 1.82) is 0 Å². The summed E-state index contributed by atoms with van der Waals surface area (Å²) in [6.45, 7) is 2.15. The van der Waals surface area contributed by atoms with E-state index in [9.17, 15) is 0 Å². The average Bonchev–Trinajstić information content (AvgIpc) is 2.56. The minimum absolute atomic E-state index is 0.352. The topological polar surface area (TPSA) is 0 Å². The Balaban J connectivity index is 1.88. The van der Waals surface area contributed by atoms with Crippen LogP contribution in [-0.4, -0.2) is 0 Å². The van der Waals surface area contributed by atoms with Crippen molar-refractivity contribution in [3.8, 4) is 0 Å². The molecule has 110 valence electrons. The molecular formula is C20H18S2. The van der Waals surface area contributed by atoms with Crippen molar-refractivity contribution in [3.63, 3.8) is 0 Å². The summed E-state index contributed by atoms with van der Waals surface area (Å²) in [5.74, 6) is 0. The molecule has 0 nitrogen and oxygen atoms in total. The van der Waals surface area contributed by atoms with Crippen LogP contribution in [0, 0.1) is 6.92 Å². The number of hydrogen-bond acceptors (Lipinski definition) is 2. The number of hydrogen-bond donors (Lipinski definition) is 0. The summed E-state index contributed by atoms with van der Waals surface area (Å²) >= 11 is 3.82. The Morgan fingerprint density at radius 3 is 1.68 bits per heavy atom. The third-order valence-corrected chi connectivity index (χ3v) is 5.93. The van der Waals surface area contributed by atoms with Crippen LogP contribution in [0.3, 0.4) is 0 Å². The molecule has 0 amide bonds. The van der Waals surface area contributed by atoms with Crippen molar-refractivity contribution < 1.29 is 0 Å². The molecule has 3 aromatic carbocycles. The standard InChI is InChI=1S/C20H18S2/c1-16-9-8-10-17(15-16)20(21-18-11-4-2-5-12-18)22-19-13-6-3-7-14-19/h2-15,20H,1H3. The minimum atomic E-state index is 0.352. The maximum Gasteiger partial charge on any atom is 0.0845 e. The first-order chi connectivity index (χ1) is 10.8. The van der Waals surface area contributed by atoms with E-state index in [1.165, 1.54) is 20.9 Å². The highest BCUT2D eigenvalue weighted by Gasteiger charge is 2.15. The lowest BCUT2D eigenvalue weighted by molar-refractivity contribution is 1.30. The van der Waals surface area contributed by atoms with E-state index in [2.05, 4.69) is 91.9 Å². The molecule has 3 rings (SSSR count). The summed E-state index contributed by atoms with van der Waals surface area (Å²) in [7, 11) is 0.